The number of nitrogens with two attached hydrogens (primary N) is 2. The van der Waals surface area contributed by atoms with Gasteiger partial charge in [-0.1, -0.05) is 36.4 Å². The highest BCUT2D eigenvalue weighted by atomic mass is 14.9. The van der Waals surface area contributed by atoms with E-state index >= 15 is 0 Å². The van der Waals surface area contributed by atoms with E-state index < -0.39 is 0 Å². The number of rotatable bonds is 1. The van der Waals surface area contributed by atoms with Gasteiger partial charge in [0.05, 0.1) is 5.54 Å². The normalized spacial score (nSPS) is 24.8. The van der Waals surface area contributed by atoms with Crippen molar-refractivity contribution in [3.63, 3.8) is 0 Å². The van der Waals surface area contributed by atoms with E-state index in [1.807, 2.05) is 6.92 Å². The first-order valence-corrected chi connectivity index (χ1v) is 6.68. The number of fused-ring (bicyclic) bond motifs is 3. The third-order valence-corrected chi connectivity index (χ3v) is 4.37. The molecule has 0 saturated carbocycles. The maximum atomic E-state index is 6.58. The van der Waals surface area contributed by atoms with Gasteiger partial charge >= 0.3 is 0 Å². The fourth-order valence-electron chi connectivity index (χ4n) is 3.21. The van der Waals surface area contributed by atoms with Gasteiger partial charge in [0.15, 0.2) is 0 Å². The molecule has 0 heterocycles. The van der Waals surface area contributed by atoms with E-state index in [1.54, 1.807) is 0 Å². The molecule has 0 amide bonds. The molecular formula is C16H20N2. The molecule has 94 valence electrons. The molecule has 0 saturated heterocycles. The minimum absolute atomic E-state index is 0.0160. The Labute approximate surface area is 108 Å². The molecule has 2 heteroatoms. The van der Waals surface area contributed by atoms with E-state index in [0.29, 0.717) is 0 Å². The first-order chi connectivity index (χ1) is 8.63. The smallest absolute Gasteiger partial charge is 0.0563 e. The Morgan fingerprint density at radius 1 is 1.17 bits per heavy atom. The Morgan fingerprint density at radius 3 is 2.72 bits per heavy atom. The van der Waals surface area contributed by atoms with Gasteiger partial charge in [-0.3, -0.25) is 0 Å². The Kier molecular flexibility index (Phi) is 2.65. The first-order valence-electron chi connectivity index (χ1n) is 6.68. The van der Waals surface area contributed by atoms with E-state index in [9.17, 15) is 0 Å². The van der Waals surface area contributed by atoms with Crippen molar-refractivity contribution >= 4 is 10.8 Å². The van der Waals surface area contributed by atoms with Crippen LogP contribution in [0.25, 0.3) is 10.8 Å². The van der Waals surface area contributed by atoms with Gasteiger partial charge in [0.2, 0.25) is 0 Å². The SMILES string of the molecule is CC(N)C1(N)CCCc2c1ccc1ccccc21. The van der Waals surface area contributed by atoms with Crippen LogP contribution in [0.15, 0.2) is 36.4 Å². The summed E-state index contributed by atoms with van der Waals surface area (Å²) in [5, 5.41) is 2.63. The van der Waals surface area contributed by atoms with E-state index in [0.717, 1.165) is 19.3 Å². The van der Waals surface area contributed by atoms with Crippen LogP contribution < -0.4 is 11.5 Å². The predicted octanol–water partition coefficient (Wildman–Crippen LogP) is 2.68. The van der Waals surface area contributed by atoms with Crippen molar-refractivity contribution in [3.05, 3.63) is 47.5 Å². The second-order valence-corrected chi connectivity index (χ2v) is 5.50. The largest absolute Gasteiger partial charge is 0.326 e. The number of benzene rings is 2. The number of hydrogen-bond acceptors (Lipinski definition) is 2. The highest BCUT2D eigenvalue weighted by Gasteiger charge is 2.36. The average molecular weight is 240 g/mol. The van der Waals surface area contributed by atoms with Crippen molar-refractivity contribution in [2.45, 2.75) is 37.8 Å². The summed E-state index contributed by atoms with van der Waals surface area (Å²) in [4.78, 5) is 0. The van der Waals surface area contributed by atoms with Crippen molar-refractivity contribution in [2.24, 2.45) is 11.5 Å². The van der Waals surface area contributed by atoms with Crippen molar-refractivity contribution < 1.29 is 0 Å². The van der Waals surface area contributed by atoms with Crippen LogP contribution in [0.2, 0.25) is 0 Å². The molecule has 2 aromatic rings. The molecular weight excluding hydrogens is 220 g/mol. The quantitative estimate of drug-likeness (QED) is 0.805. The molecule has 0 bridgehead atoms. The summed E-state index contributed by atoms with van der Waals surface area (Å²) in [5.41, 5.74) is 15.0. The molecule has 2 aromatic carbocycles. The highest BCUT2D eigenvalue weighted by Crippen LogP contribution is 2.38. The van der Waals surface area contributed by atoms with E-state index in [-0.39, 0.29) is 11.6 Å². The van der Waals surface area contributed by atoms with E-state index in [2.05, 4.69) is 36.4 Å². The Morgan fingerprint density at radius 2 is 1.94 bits per heavy atom. The van der Waals surface area contributed by atoms with Gasteiger partial charge in [0, 0.05) is 6.04 Å². The molecule has 0 aliphatic heterocycles. The summed E-state index contributed by atoms with van der Waals surface area (Å²) < 4.78 is 0. The van der Waals surface area contributed by atoms with Gasteiger partial charge < -0.3 is 11.5 Å². The highest BCUT2D eigenvalue weighted by molar-refractivity contribution is 5.87. The minimum atomic E-state index is -0.363. The maximum Gasteiger partial charge on any atom is 0.0563 e. The van der Waals surface area contributed by atoms with Crippen LogP contribution in [0.1, 0.15) is 30.9 Å². The molecule has 2 nitrogen and oxygen atoms in total. The lowest BCUT2D eigenvalue weighted by molar-refractivity contribution is 0.318. The van der Waals surface area contributed by atoms with Gasteiger partial charge in [-0.05, 0) is 48.1 Å². The van der Waals surface area contributed by atoms with Crippen molar-refractivity contribution in [1.82, 2.24) is 0 Å². The summed E-state index contributed by atoms with van der Waals surface area (Å²) in [6, 6.07) is 12.9. The number of aryl methyl sites for hydroxylation is 1. The summed E-state index contributed by atoms with van der Waals surface area (Å²) in [7, 11) is 0. The monoisotopic (exact) mass is 240 g/mol. The Hall–Kier alpha value is -1.38. The minimum Gasteiger partial charge on any atom is -0.326 e. The third kappa shape index (κ3) is 1.57. The Bertz CT molecular complexity index is 589. The molecule has 1 aliphatic rings. The second-order valence-electron chi connectivity index (χ2n) is 5.50. The predicted molar refractivity (Wildman–Crippen MR) is 76.4 cm³/mol. The molecule has 2 unspecified atom stereocenters. The van der Waals surface area contributed by atoms with Crippen LogP contribution in [0.3, 0.4) is 0 Å². The lowest BCUT2D eigenvalue weighted by atomic mass is 9.72. The van der Waals surface area contributed by atoms with Crippen LogP contribution in [-0.4, -0.2) is 6.04 Å². The van der Waals surface area contributed by atoms with Crippen molar-refractivity contribution in [1.29, 1.82) is 0 Å². The molecule has 0 radical (unpaired) electrons. The van der Waals surface area contributed by atoms with Gasteiger partial charge in [0.1, 0.15) is 0 Å². The van der Waals surface area contributed by atoms with E-state index in [4.69, 9.17) is 11.5 Å². The Balaban J connectivity index is 2.29. The summed E-state index contributed by atoms with van der Waals surface area (Å²) in [6.07, 6.45) is 3.22. The van der Waals surface area contributed by atoms with Crippen LogP contribution in [0.5, 0.6) is 0 Å². The molecule has 4 N–H and O–H groups in total. The topological polar surface area (TPSA) is 52.0 Å². The zero-order valence-electron chi connectivity index (χ0n) is 10.8. The van der Waals surface area contributed by atoms with Crippen LogP contribution >= 0.6 is 0 Å². The lowest BCUT2D eigenvalue weighted by Crippen LogP contribution is -2.52. The summed E-state index contributed by atoms with van der Waals surface area (Å²) in [5.74, 6) is 0. The summed E-state index contributed by atoms with van der Waals surface area (Å²) >= 11 is 0. The second kappa shape index (κ2) is 4.08. The molecule has 0 fully saturated rings. The van der Waals surface area contributed by atoms with Gasteiger partial charge in [-0.15, -0.1) is 0 Å². The molecule has 1 aliphatic carbocycles. The van der Waals surface area contributed by atoms with Crippen LogP contribution in [-0.2, 0) is 12.0 Å². The molecule has 2 atom stereocenters. The maximum absolute atomic E-state index is 6.58. The lowest BCUT2D eigenvalue weighted by Gasteiger charge is -2.39. The van der Waals surface area contributed by atoms with Gasteiger partial charge in [-0.2, -0.15) is 0 Å². The van der Waals surface area contributed by atoms with Crippen molar-refractivity contribution in [3.8, 4) is 0 Å². The van der Waals surface area contributed by atoms with Gasteiger partial charge in [0.25, 0.3) is 0 Å². The first kappa shape index (κ1) is 11.7. The third-order valence-electron chi connectivity index (χ3n) is 4.37. The molecule has 0 spiro atoms. The fraction of sp³-hybridized carbons (Fsp3) is 0.375. The zero-order chi connectivity index (χ0) is 12.8. The van der Waals surface area contributed by atoms with E-state index in [1.165, 1.54) is 21.9 Å². The van der Waals surface area contributed by atoms with Gasteiger partial charge in [-0.25, -0.2) is 0 Å². The average Bonchev–Trinajstić information content (AvgIpc) is 2.39. The zero-order valence-corrected chi connectivity index (χ0v) is 10.8. The van der Waals surface area contributed by atoms with Crippen LogP contribution in [0, 0.1) is 0 Å². The standard InChI is InChI=1S/C16H20N2/c1-11(17)16(18)10-4-7-14-13-6-3-2-5-12(13)8-9-15(14)16/h2-3,5-6,8-9,11H,4,7,10,17-18H2,1H3. The summed E-state index contributed by atoms with van der Waals surface area (Å²) in [6.45, 7) is 2.02. The molecule has 3 rings (SSSR count). The number of hydrogen-bond donors (Lipinski definition) is 2. The van der Waals surface area contributed by atoms with Crippen molar-refractivity contribution in [2.75, 3.05) is 0 Å². The molecule has 18 heavy (non-hydrogen) atoms. The van der Waals surface area contributed by atoms with Crippen LogP contribution in [0.4, 0.5) is 0 Å². The fourth-order valence-corrected chi connectivity index (χ4v) is 3.21. The molecule has 0 aromatic heterocycles.